The number of nitrogens with two attached hydrogens (primary N) is 1. The van der Waals surface area contributed by atoms with Crippen molar-refractivity contribution in [1.29, 1.82) is 0 Å². The largest absolute Gasteiger partial charge is 0.326 e. The molecule has 0 unspecified atom stereocenters. The van der Waals surface area contributed by atoms with Gasteiger partial charge in [0.25, 0.3) is 0 Å². The van der Waals surface area contributed by atoms with Gasteiger partial charge in [0, 0.05) is 17.2 Å². The van der Waals surface area contributed by atoms with Crippen LogP contribution in [-0.2, 0) is 6.54 Å². The molecule has 1 aromatic carbocycles. The van der Waals surface area contributed by atoms with Gasteiger partial charge in [0.2, 0.25) is 0 Å². The maximum Gasteiger partial charge on any atom is 0.0189 e. The first kappa shape index (κ1) is 10.6. The standard InChI is InChI=1S/C11H17NS/c1-9(2)8-13-11-6-4-3-5-10(11)7-12/h3-6,9H,7-8,12H2,1-2H3. The van der Waals surface area contributed by atoms with Gasteiger partial charge in [-0.05, 0) is 17.5 Å². The number of rotatable bonds is 4. The molecule has 0 saturated heterocycles. The highest BCUT2D eigenvalue weighted by atomic mass is 32.2. The lowest BCUT2D eigenvalue weighted by Gasteiger charge is -2.08. The summed E-state index contributed by atoms with van der Waals surface area (Å²) in [6.07, 6.45) is 0. The molecule has 0 heterocycles. The van der Waals surface area contributed by atoms with E-state index in [1.54, 1.807) is 0 Å². The highest BCUT2D eigenvalue weighted by Crippen LogP contribution is 2.23. The Balaban J connectivity index is 2.64. The maximum atomic E-state index is 5.64. The minimum atomic E-state index is 0.640. The first-order valence-electron chi connectivity index (χ1n) is 4.64. The predicted octanol–water partition coefficient (Wildman–Crippen LogP) is 2.89. The molecular weight excluding hydrogens is 178 g/mol. The van der Waals surface area contributed by atoms with Gasteiger partial charge in [0.15, 0.2) is 0 Å². The highest BCUT2D eigenvalue weighted by Gasteiger charge is 2.01. The van der Waals surface area contributed by atoms with E-state index in [9.17, 15) is 0 Å². The zero-order valence-corrected chi connectivity index (χ0v) is 9.10. The van der Waals surface area contributed by atoms with E-state index in [-0.39, 0.29) is 0 Å². The molecule has 0 aliphatic rings. The van der Waals surface area contributed by atoms with Crippen LogP contribution in [0.5, 0.6) is 0 Å². The molecule has 0 aromatic heterocycles. The summed E-state index contributed by atoms with van der Waals surface area (Å²) in [5, 5.41) is 0. The summed E-state index contributed by atoms with van der Waals surface area (Å²) in [6.45, 7) is 5.11. The Bertz CT molecular complexity index is 258. The van der Waals surface area contributed by atoms with Crippen LogP contribution in [0, 0.1) is 5.92 Å². The van der Waals surface area contributed by atoms with E-state index < -0.39 is 0 Å². The maximum absolute atomic E-state index is 5.64. The van der Waals surface area contributed by atoms with Gasteiger partial charge >= 0.3 is 0 Å². The van der Waals surface area contributed by atoms with Gasteiger partial charge in [0.1, 0.15) is 0 Å². The topological polar surface area (TPSA) is 26.0 Å². The lowest BCUT2D eigenvalue weighted by Crippen LogP contribution is -1.99. The smallest absolute Gasteiger partial charge is 0.0189 e. The average molecular weight is 195 g/mol. The molecule has 0 atom stereocenters. The van der Waals surface area contributed by atoms with Crippen molar-refractivity contribution >= 4 is 11.8 Å². The number of benzene rings is 1. The summed E-state index contributed by atoms with van der Waals surface area (Å²) in [5.74, 6) is 1.90. The quantitative estimate of drug-likeness (QED) is 0.748. The van der Waals surface area contributed by atoms with E-state index in [1.165, 1.54) is 10.5 Å². The van der Waals surface area contributed by atoms with Crippen LogP contribution in [0.15, 0.2) is 29.2 Å². The van der Waals surface area contributed by atoms with E-state index >= 15 is 0 Å². The first-order chi connectivity index (χ1) is 6.24. The third-order valence-electron chi connectivity index (χ3n) is 1.76. The summed E-state index contributed by atoms with van der Waals surface area (Å²) in [5.41, 5.74) is 6.90. The fourth-order valence-corrected chi connectivity index (χ4v) is 2.09. The number of hydrogen-bond donors (Lipinski definition) is 1. The first-order valence-corrected chi connectivity index (χ1v) is 5.63. The minimum Gasteiger partial charge on any atom is -0.326 e. The fraction of sp³-hybridized carbons (Fsp3) is 0.455. The van der Waals surface area contributed by atoms with Crippen molar-refractivity contribution in [2.75, 3.05) is 5.75 Å². The zero-order chi connectivity index (χ0) is 9.68. The van der Waals surface area contributed by atoms with Crippen LogP contribution in [-0.4, -0.2) is 5.75 Å². The Hall–Kier alpha value is -0.470. The Morgan fingerprint density at radius 3 is 2.62 bits per heavy atom. The van der Waals surface area contributed by atoms with Crippen molar-refractivity contribution in [2.24, 2.45) is 11.7 Å². The van der Waals surface area contributed by atoms with Gasteiger partial charge < -0.3 is 5.73 Å². The van der Waals surface area contributed by atoms with Crippen LogP contribution in [0.3, 0.4) is 0 Å². The Kier molecular flexibility index (Phi) is 4.33. The summed E-state index contributed by atoms with van der Waals surface area (Å²) < 4.78 is 0. The number of thioether (sulfide) groups is 1. The van der Waals surface area contributed by atoms with Crippen LogP contribution in [0.1, 0.15) is 19.4 Å². The molecule has 0 radical (unpaired) electrons. The lowest BCUT2D eigenvalue weighted by molar-refractivity contribution is 0.750. The fourth-order valence-electron chi connectivity index (χ4n) is 1.07. The van der Waals surface area contributed by atoms with E-state index in [1.807, 2.05) is 17.8 Å². The second-order valence-electron chi connectivity index (χ2n) is 3.52. The highest BCUT2D eigenvalue weighted by molar-refractivity contribution is 7.99. The third kappa shape index (κ3) is 3.41. The monoisotopic (exact) mass is 195 g/mol. The van der Waals surface area contributed by atoms with Gasteiger partial charge in [0.05, 0.1) is 0 Å². The van der Waals surface area contributed by atoms with E-state index in [4.69, 9.17) is 5.73 Å². The van der Waals surface area contributed by atoms with E-state index in [0.717, 1.165) is 11.7 Å². The molecule has 0 aliphatic carbocycles. The molecule has 1 rings (SSSR count). The molecule has 1 aromatic rings. The van der Waals surface area contributed by atoms with Crippen molar-refractivity contribution in [2.45, 2.75) is 25.3 Å². The Morgan fingerprint density at radius 1 is 1.31 bits per heavy atom. The van der Waals surface area contributed by atoms with Crippen LogP contribution < -0.4 is 5.73 Å². The van der Waals surface area contributed by atoms with Crippen molar-refractivity contribution in [3.8, 4) is 0 Å². The molecule has 0 aliphatic heterocycles. The second kappa shape index (κ2) is 5.30. The molecule has 1 nitrogen and oxygen atoms in total. The van der Waals surface area contributed by atoms with Crippen LogP contribution in [0.25, 0.3) is 0 Å². The molecule has 0 spiro atoms. The normalized spacial score (nSPS) is 10.8. The van der Waals surface area contributed by atoms with Crippen LogP contribution >= 0.6 is 11.8 Å². The summed E-state index contributed by atoms with van der Waals surface area (Å²) >= 11 is 1.90. The van der Waals surface area contributed by atoms with Crippen molar-refractivity contribution in [3.05, 3.63) is 29.8 Å². The molecular formula is C11H17NS. The zero-order valence-electron chi connectivity index (χ0n) is 8.29. The second-order valence-corrected chi connectivity index (χ2v) is 4.58. The molecule has 72 valence electrons. The van der Waals surface area contributed by atoms with Gasteiger partial charge in [-0.25, -0.2) is 0 Å². The molecule has 2 heteroatoms. The molecule has 13 heavy (non-hydrogen) atoms. The summed E-state index contributed by atoms with van der Waals surface area (Å²) in [6, 6.07) is 8.36. The van der Waals surface area contributed by atoms with E-state index in [0.29, 0.717) is 6.54 Å². The van der Waals surface area contributed by atoms with Gasteiger partial charge in [-0.2, -0.15) is 0 Å². The average Bonchev–Trinajstić information content (AvgIpc) is 2.15. The number of hydrogen-bond acceptors (Lipinski definition) is 2. The molecule has 0 amide bonds. The molecule has 2 N–H and O–H groups in total. The summed E-state index contributed by atoms with van der Waals surface area (Å²) in [7, 11) is 0. The van der Waals surface area contributed by atoms with Crippen LogP contribution in [0.4, 0.5) is 0 Å². The Labute approximate surface area is 84.7 Å². The lowest BCUT2D eigenvalue weighted by atomic mass is 10.2. The molecule has 0 bridgehead atoms. The minimum absolute atomic E-state index is 0.640. The Morgan fingerprint density at radius 2 is 2.00 bits per heavy atom. The van der Waals surface area contributed by atoms with Crippen molar-refractivity contribution < 1.29 is 0 Å². The van der Waals surface area contributed by atoms with Crippen molar-refractivity contribution in [1.82, 2.24) is 0 Å². The van der Waals surface area contributed by atoms with Gasteiger partial charge in [-0.3, -0.25) is 0 Å². The summed E-state index contributed by atoms with van der Waals surface area (Å²) in [4.78, 5) is 1.33. The van der Waals surface area contributed by atoms with Gasteiger partial charge in [-0.15, -0.1) is 11.8 Å². The molecule has 0 saturated carbocycles. The van der Waals surface area contributed by atoms with Gasteiger partial charge in [-0.1, -0.05) is 32.0 Å². The third-order valence-corrected chi connectivity index (χ3v) is 3.31. The molecule has 0 fully saturated rings. The van der Waals surface area contributed by atoms with Crippen LogP contribution in [0.2, 0.25) is 0 Å². The SMILES string of the molecule is CC(C)CSc1ccccc1CN. The predicted molar refractivity (Wildman–Crippen MR) is 59.9 cm³/mol. The van der Waals surface area contributed by atoms with E-state index in [2.05, 4.69) is 32.0 Å². The van der Waals surface area contributed by atoms with Crippen molar-refractivity contribution in [3.63, 3.8) is 0 Å².